The SMILES string of the molecule is CCC(C)C1CN(Cc2ccc(Cl)c(Cl)c2)C(C)(C)CN1. The molecule has 1 aliphatic heterocycles. The van der Waals surface area contributed by atoms with Crippen molar-refractivity contribution < 1.29 is 0 Å². The first kappa shape index (κ1) is 17.1. The fraction of sp³-hybridized carbons (Fsp3) is 0.647. The summed E-state index contributed by atoms with van der Waals surface area (Å²) in [5.74, 6) is 0.692. The Bertz CT molecular complexity index is 488. The molecule has 118 valence electrons. The Morgan fingerprint density at radius 3 is 2.67 bits per heavy atom. The quantitative estimate of drug-likeness (QED) is 0.869. The molecule has 1 N–H and O–H groups in total. The minimum absolute atomic E-state index is 0.149. The first-order valence-corrected chi connectivity index (χ1v) is 8.51. The van der Waals surface area contributed by atoms with E-state index in [0.717, 1.165) is 19.6 Å². The van der Waals surface area contributed by atoms with Crippen LogP contribution < -0.4 is 5.32 Å². The second kappa shape index (κ2) is 6.87. The number of rotatable bonds is 4. The second-order valence-corrected chi connectivity index (χ2v) is 7.63. The van der Waals surface area contributed by atoms with Gasteiger partial charge in [0.1, 0.15) is 0 Å². The van der Waals surface area contributed by atoms with Crippen LogP contribution in [0.25, 0.3) is 0 Å². The van der Waals surface area contributed by atoms with E-state index in [-0.39, 0.29) is 5.54 Å². The van der Waals surface area contributed by atoms with E-state index in [1.54, 1.807) is 0 Å². The summed E-state index contributed by atoms with van der Waals surface area (Å²) < 4.78 is 0. The molecular weight excluding hydrogens is 303 g/mol. The minimum atomic E-state index is 0.149. The maximum Gasteiger partial charge on any atom is 0.0595 e. The third-order valence-electron chi connectivity index (χ3n) is 4.76. The molecule has 0 radical (unpaired) electrons. The van der Waals surface area contributed by atoms with Crippen LogP contribution in [0.1, 0.15) is 39.7 Å². The normalized spacial score (nSPS) is 24.0. The molecule has 1 aliphatic rings. The maximum atomic E-state index is 6.14. The number of hydrogen-bond donors (Lipinski definition) is 1. The smallest absolute Gasteiger partial charge is 0.0595 e. The van der Waals surface area contributed by atoms with Gasteiger partial charge in [0, 0.05) is 31.2 Å². The number of benzene rings is 1. The Balaban J connectivity index is 2.12. The minimum Gasteiger partial charge on any atom is -0.311 e. The zero-order valence-corrected chi connectivity index (χ0v) is 14.9. The molecule has 2 rings (SSSR count). The van der Waals surface area contributed by atoms with Gasteiger partial charge in [-0.1, -0.05) is 49.5 Å². The lowest BCUT2D eigenvalue weighted by Gasteiger charge is -2.47. The topological polar surface area (TPSA) is 15.3 Å². The van der Waals surface area contributed by atoms with E-state index in [1.807, 2.05) is 12.1 Å². The summed E-state index contributed by atoms with van der Waals surface area (Å²) in [7, 11) is 0. The molecule has 0 bridgehead atoms. The van der Waals surface area contributed by atoms with Gasteiger partial charge in [0.25, 0.3) is 0 Å². The van der Waals surface area contributed by atoms with Gasteiger partial charge in [0.2, 0.25) is 0 Å². The van der Waals surface area contributed by atoms with E-state index >= 15 is 0 Å². The summed E-state index contributed by atoms with van der Waals surface area (Å²) >= 11 is 12.1. The molecule has 1 fully saturated rings. The number of nitrogens with one attached hydrogen (secondary N) is 1. The predicted octanol–water partition coefficient (Wildman–Crippen LogP) is 4.59. The van der Waals surface area contributed by atoms with Crippen LogP contribution in [-0.4, -0.2) is 29.6 Å². The summed E-state index contributed by atoms with van der Waals surface area (Å²) in [4.78, 5) is 2.56. The van der Waals surface area contributed by atoms with Crippen LogP contribution in [0.5, 0.6) is 0 Å². The highest BCUT2D eigenvalue weighted by Crippen LogP contribution is 2.27. The van der Waals surface area contributed by atoms with Gasteiger partial charge in [-0.3, -0.25) is 4.90 Å². The molecule has 0 aliphatic carbocycles. The van der Waals surface area contributed by atoms with Gasteiger partial charge in [-0.05, 0) is 37.5 Å². The van der Waals surface area contributed by atoms with Crippen molar-refractivity contribution in [2.75, 3.05) is 13.1 Å². The number of nitrogens with zero attached hydrogens (tertiary/aromatic N) is 1. The molecule has 0 aromatic heterocycles. The third kappa shape index (κ3) is 4.13. The number of halogens is 2. The average Bonchev–Trinajstić information content (AvgIpc) is 2.44. The molecule has 2 atom stereocenters. The molecule has 2 unspecified atom stereocenters. The van der Waals surface area contributed by atoms with E-state index in [2.05, 4.69) is 44.0 Å². The Morgan fingerprint density at radius 1 is 1.33 bits per heavy atom. The molecule has 4 heteroatoms. The molecule has 1 saturated heterocycles. The fourth-order valence-electron chi connectivity index (χ4n) is 2.84. The van der Waals surface area contributed by atoms with Crippen LogP contribution in [-0.2, 0) is 6.54 Å². The van der Waals surface area contributed by atoms with Crippen molar-refractivity contribution in [3.63, 3.8) is 0 Å². The van der Waals surface area contributed by atoms with Crippen molar-refractivity contribution in [2.45, 2.75) is 52.2 Å². The predicted molar refractivity (Wildman–Crippen MR) is 92.2 cm³/mol. The van der Waals surface area contributed by atoms with Crippen molar-refractivity contribution >= 4 is 23.2 Å². The fourth-order valence-corrected chi connectivity index (χ4v) is 3.17. The molecule has 1 aromatic carbocycles. The van der Waals surface area contributed by atoms with Gasteiger partial charge in [-0.15, -0.1) is 0 Å². The Hall–Kier alpha value is -0.280. The van der Waals surface area contributed by atoms with Crippen LogP contribution in [0.15, 0.2) is 18.2 Å². The maximum absolute atomic E-state index is 6.14. The third-order valence-corrected chi connectivity index (χ3v) is 5.50. The van der Waals surface area contributed by atoms with E-state index in [4.69, 9.17) is 23.2 Å². The van der Waals surface area contributed by atoms with E-state index in [9.17, 15) is 0 Å². The lowest BCUT2D eigenvalue weighted by atomic mass is 9.90. The average molecular weight is 329 g/mol. The van der Waals surface area contributed by atoms with Crippen LogP contribution in [0.4, 0.5) is 0 Å². The van der Waals surface area contributed by atoms with E-state index < -0.39 is 0 Å². The summed E-state index contributed by atoms with van der Waals surface area (Å²) in [6.45, 7) is 12.2. The van der Waals surface area contributed by atoms with Crippen molar-refractivity contribution in [2.24, 2.45) is 5.92 Å². The van der Waals surface area contributed by atoms with Crippen molar-refractivity contribution in [1.29, 1.82) is 0 Å². The monoisotopic (exact) mass is 328 g/mol. The Kier molecular flexibility index (Phi) is 5.59. The standard InChI is InChI=1S/C17H26Cl2N2/c1-5-12(2)16-10-21(17(3,4)11-20-16)9-13-6-7-14(18)15(19)8-13/h6-8,12,16,20H,5,9-11H2,1-4H3. The van der Waals surface area contributed by atoms with Gasteiger partial charge in [-0.2, -0.15) is 0 Å². The highest BCUT2D eigenvalue weighted by molar-refractivity contribution is 6.42. The second-order valence-electron chi connectivity index (χ2n) is 6.81. The Labute approximate surface area is 138 Å². The molecule has 0 saturated carbocycles. The first-order valence-electron chi connectivity index (χ1n) is 7.76. The van der Waals surface area contributed by atoms with Crippen molar-refractivity contribution in [3.8, 4) is 0 Å². The largest absolute Gasteiger partial charge is 0.311 e. The molecule has 21 heavy (non-hydrogen) atoms. The van der Waals surface area contributed by atoms with Crippen molar-refractivity contribution in [1.82, 2.24) is 10.2 Å². The van der Waals surface area contributed by atoms with Gasteiger partial charge in [0.15, 0.2) is 0 Å². The molecule has 0 spiro atoms. The molecule has 0 amide bonds. The molecule has 1 heterocycles. The summed E-state index contributed by atoms with van der Waals surface area (Å²) in [6.07, 6.45) is 1.21. The van der Waals surface area contributed by atoms with Gasteiger partial charge >= 0.3 is 0 Å². The van der Waals surface area contributed by atoms with Crippen LogP contribution in [0.2, 0.25) is 10.0 Å². The van der Waals surface area contributed by atoms with Crippen LogP contribution in [0.3, 0.4) is 0 Å². The van der Waals surface area contributed by atoms with Crippen LogP contribution in [0, 0.1) is 5.92 Å². The summed E-state index contributed by atoms with van der Waals surface area (Å²) in [6, 6.07) is 6.51. The number of hydrogen-bond acceptors (Lipinski definition) is 2. The van der Waals surface area contributed by atoms with Gasteiger partial charge in [-0.25, -0.2) is 0 Å². The zero-order valence-electron chi connectivity index (χ0n) is 13.4. The van der Waals surface area contributed by atoms with E-state index in [0.29, 0.717) is 22.0 Å². The lowest BCUT2D eigenvalue weighted by molar-refractivity contribution is 0.0449. The van der Waals surface area contributed by atoms with Gasteiger partial charge in [0.05, 0.1) is 10.0 Å². The molecular formula is C17H26Cl2N2. The highest BCUT2D eigenvalue weighted by Gasteiger charge is 2.35. The van der Waals surface area contributed by atoms with E-state index in [1.165, 1.54) is 12.0 Å². The van der Waals surface area contributed by atoms with Crippen molar-refractivity contribution in [3.05, 3.63) is 33.8 Å². The zero-order chi connectivity index (χ0) is 15.6. The summed E-state index contributed by atoms with van der Waals surface area (Å²) in [5.41, 5.74) is 1.37. The van der Waals surface area contributed by atoms with Gasteiger partial charge < -0.3 is 5.32 Å². The van der Waals surface area contributed by atoms with Crippen LogP contribution >= 0.6 is 23.2 Å². The number of piperazine rings is 1. The first-order chi connectivity index (χ1) is 9.83. The molecule has 2 nitrogen and oxygen atoms in total. The molecule has 1 aromatic rings. The summed E-state index contributed by atoms with van der Waals surface area (Å²) in [5, 5.41) is 4.97. The highest BCUT2D eigenvalue weighted by atomic mass is 35.5. The lowest BCUT2D eigenvalue weighted by Crippen LogP contribution is -2.62. The Morgan fingerprint density at radius 2 is 2.05 bits per heavy atom.